The van der Waals surface area contributed by atoms with Gasteiger partial charge in [0.1, 0.15) is 0 Å². The van der Waals surface area contributed by atoms with Gasteiger partial charge in [-0.15, -0.1) is 0 Å². The summed E-state index contributed by atoms with van der Waals surface area (Å²) in [5.41, 5.74) is 7.84. The molecule has 0 radical (unpaired) electrons. The summed E-state index contributed by atoms with van der Waals surface area (Å²) in [4.78, 5) is 4.35. The van der Waals surface area contributed by atoms with Gasteiger partial charge in [-0.3, -0.25) is 4.21 Å². The molecular formula is C12H14ClN3OS. The van der Waals surface area contributed by atoms with Gasteiger partial charge in [0.2, 0.25) is 5.95 Å². The first-order valence-corrected chi connectivity index (χ1v) is 7.79. The molecule has 6 heteroatoms. The maximum atomic E-state index is 11.4. The van der Waals surface area contributed by atoms with Gasteiger partial charge >= 0.3 is 0 Å². The number of anilines is 1. The summed E-state index contributed by atoms with van der Waals surface area (Å²) in [5, 5.41) is 0.664. The van der Waals surface area contributed by atoms with Gasteiger partial charge in [-0.2, -0.15) is 0 Å². The largest absolute Gasteiger partial charge is 0.369 e. The molecule has 0 bridgehead atoms. The highest BCUT2D eigenvalue weighted by atomic mass is 35.5. The van der Waals surface area contributed by atoms with E-state index in [-0.39, 0.29) is 0 Å². The van der Waals surface area contributed by atoms with Crippen LogP contribution in [0.4, 0.5) is 5.95 Å². The summed E-state index contributed by atoms with van der Waals surface area (Å²) in [7, 11) is -0.662. The maximum Gasteiger partial charge on any atom is 0.201 e. The first-order valence-electron chi connectivity index (χ1n) is 5.93. The zero-order chi connectivity index (χ0) is 12.7. The normalized spacial score (nSPS) is 24.5. The number of rotatable bonds is 1. The number of fused-ring (bicyclic) bond motifs is 1. The number of nitrogens with two attached hydrogens (primary N) is 1. The van der Waals surface area contributed by atoms with Gasteiger partial charge in [-0.1, -0.05) is 11.6 Å². The van der Waals surface area contributed by atoms with E-state index in [4.69, 9.17) is 17.3 Å². The van der Waals surface area contributed by atoms with Crippen LogP contribution in [0.25, 0.3) is 11.0 Å². The van der Waals surface area contributed by atoms with Crippen LogP contribution in [0.3, 0.4) is 0 Å². The molecule has 18 heavy (non-hydrogen) atoms. The Morgan fingerprint density at radius 1 is 1.39 bits per heavy atom. The van der Waals surface area contributed by atoms with Gasteiger partial charge in [0.05, 0.1) is 11.0 Å². The smallest absolute Gasteiger partial charge is 0.201 e. The molecule has 0 saturated carbocycles. The van der Waals surface area contributed by atoms with Crippen molar-refractivity contribution in [2.24, 2.45) is 0 Å². The number of hydrogen-bond donors (Lipinski definition) is 1. The van der Waals surface area contributed by atoms with E-state index in [2.05, 4.69) is 9.55 Å². The predicted molar refractivity (Wildman–Crippen MR) is 75.3 cm³/mol. The second-order valence-corrected chi connectivity index (χ2v) is 6.68. The van der Waals surface area contributed by atoms with E-state index in [9.17, 15) is 4.21 Å². The van der Waals surface area contributed by atoms with Crippen LogP contribution in [0.15, 0.2) is 18.2 Å². The number of hydrogen-bond acceptors (Lipinski definition) is 3. The van der Waals surface area contributed by atoms with Crippen molar-refractivity contribution in [3.8, 4) is 0 Å². The fourth-order valence-electron chi connectivity index (χ4n) is 2.51. The van der Waals surface area contributed by atoms with E-state index in [0.29, 0.717) is 17.0 Å². The quantitative estimate of drug-likeness (QED) is 0.874. The minimum Gasteiger partial charge on any atom is -0.369 e. The summed E-state index contributed by atoms with van der Waals surface area (Å²) >= 11 is 5.95. The molecule has 3 rings (SSSR count). The molecule has 2 N–H and O–H groups in total. The van der Waals surface area contributed by atoms with Crippen LogP contribution in [0.5, 0.6) is 0 Å². The lowest BCUT2D eigenvalue weighted by atomic mass is 10.1. The predicted octanol–water partition coefficient (Wildman–Crippen LogP) is 2.36. The number of nitrogen functional groups attached to an aromatic ring is 1. The van der Waals surface area contributed by atoms with Crippen molar-refractivity contribution in [2.45, 2.75) is 18.9 Å². The summed E-state index contributed by atoms with van der Waals surface area (Å²) in [6, 6.07) is 5.92. The molecule has 0 aliphatic carbocycles. The zero-order valence-corrected chi connectivity index (χ0v) is 11.4. The molecule has 4 nitrogen and oxygen atoms in total. The molecule has 1 aromatic carbocycles. The third kappa shape index (κ3) is 2.01. The Bertz CT molecular complexity index is 615. The Morgan fingerprint density at radius 2 is 2.11 bits per heavy atom. The number of halogens is 1. The molecule has 0 amide bonds. The Morgan fingerprint density at radius 3 is 2.83 bits per heavy atom. The molecular weight excluding hydrogens is 270 g/mol. The minimum atomic E-state index is -0.662. The highest BCUT2D eigenvalue weighted by molar-refractivity contribution is 7.85. The molecule has 96 valence electrons. The molecule has 0 atom stereocenters. The molecule has 2 aromatic rings. The molecule has 1 saturated heterocycles. The van der Waals surface area contributed by atoms with Crippen LogP contribution in [0, 0.1) is 0 Å². The van der Waals surface area contributed by atoms with E-state index < -0.39 is 10.8 Å². The van der Waals surface area contributed by atoms with Gasteiger partial charge in [-0.25, -0.2) is 4.98 Å². The Balaban J connectivity index is 2.05. The molecule has 1 aliphatic rings. The van der Waals surface area contributed by atoms with Crippen molar-refractivity contribution in [2.75, 3.05) is 17.2 Å². The molecule has 1 aromatic heterocycles. The van der Waals surface area contributed by atoms with Crippen molar-refractivity contribution < 1.29 is 4.21 Å². The van der Waals surface area contributed by atoms with Crippen molar-refractivity contribution in [3.63, 3.8) is 0 Å². The van der Waals surface area contributed by atoms with Gasteiger partial charge < -0.3 is 10.3 Å². The van der Waals surface area contributed by atoms with Crippen LogP contribution in [-0.4, -0.2) is 25.3 Å². The standard InChI is InChI=1S/C12H14ClN3OS/c13-8-1-2-11-10(7-8)15-12(14)16(11)9-3-5-18(17)6-4-9/h1-2,7,9H,3-6H2,(H2,14,15). The van der Waals surface area contributed by atoms with E-state index in [1.165, 1.54) is 0 Å². The van der Waals surface area contributed by atoms with Gasteiger partial charge in [0.25, 0.3) is 0 Å². The zero-order valence-electron chi connectivity index (χ0n) is 9.80. The van der Waals surface area contributed by atoms with Gasteiger partial charge in [0, 0.05) is 33.4 Å². The van der Waals surface area contributed by atoms with Crippen molar-refractivity contribution in [1.82, 2.24) is 9.55 Å². The third-order valence-corrected chi connectivity index (χ3v) is 5.02. The van der Waals surface area contributed by atoms with Crippen molar-refractivity contribution in [3.05, 3.63) is 23.2 Å². The van der Waals surface area contributed by atoms with E-state index in [1.54, 1.807) is 0 Å². The number of aromatic nitrogens is 2. The van der Waals surface area contributed by atoms with Crippen LogP contribution >= 0.6 is 11.6 Å². The minimum absolute atomic E-state index is 0.300. The molecule has 0 spiro atoms. The first-order chi connectivity index (χ1) is 8.65. The number of imidazole rings is 1. The average molecular weight is 284 g/mol. The second-order valence-electron chi connectivity index (χ2n) is 4.55. The van der Waals surface area contributed by atoms with Gasteiger partial charge in [-0.05, 0) is 31.0 Å². The van der Waals surface area contributed by atoms with E-state index in [1.807, 2.05) is 18.2 Å². The van der Waals surface area contributed by atoms with Crippen molar-refractivity contribution in [1.29, 1.82) is 0 Å². The number of benzene rings is 1. The summed E-state index contributed by atoms with van der Waals surface area (Å²) < 4.78 is 13.5. The highest BCUT2D eigenvalue weighted by Crippen LogP contribution is 2.30. The Hall–Kier alpha value is -1.07. The van der Waals surface area contributed by atoms with Crippen LogP contribution in [0.1, 0.15) is 18.9 Å². The lowest BCUT2D eigenvalue weighted by Crippen LogP contribution is -2.22. The van der Waals surface area contributed by atoms with Crippen molar-refractivity contribution >= 4 is 39.4 Å². The van der Waals surface area contributed by atoms with E-state index >= 15 is 0 Å². The fourth-order valence-corrected chi connectivity index (χ4v) is 3.95. The second kappa shape index (κ2) is 4.55. The lowest BCUT2D eigenvalue weighted by molar-refractivity contribution is 0.478. The van der Waals surface area contributed by atoms with Crippen LogP contribution in [0.2, 0.25) is 5.02 Å². The maximum absolute atomic E-state index is 11.4. The summed E-state index contributed by atoms with van der Waals surface area (Å²) in [6.07, 6.45) is 1.79. The fraction of sp³-hybridized carbons (Fsp3) is 0.417. The number of nitrogens with zero attached hydrogens (tertiary/aromatic N) is 2. The summed E-state index contributed by atoms with van der Waals surface area (Å²) in [6.45, 7) is 0. The SMILES string of the molecule is Nc1nc2cc(Cl)ccc2n1C1CCS(=O)CC1. The van der Waals surface area contributed by atoms with E-state index in [0.717, 1.165) is 35.4 Å². The third-order valence-electron chi connectivity index (χ3n) is 3.40. The Labute approximate surface area is 113 Å². The average Bonchev–Trinajstić information content (AvgIpc) is 2.65. The molecule has 2 heterocycles. The lowest BCUT2D eigenvalue weighted by Gasteiger charge is -2.24. The molecule has 1 aliphatic heterocycles. The topological polar surface area (TPSA) is 60.9 Å². The summed E-state index contributed by atoms with van der Waals surface area (Å²) in [5.74, 6) is 2.01. The molecule has 0 unspecified atom stereocenters. The van der Waals surface area contributed by atoms with Gasteiger partial charge in [0.15, 0.2) is 0 Å². The monoisotopic (exact) mass is 283 g/mol. The molecule has 1 fully saturated rings. The van der Waals surface area contributed by atoms with Crippen LogP contribution in [-0.2, 0) is 10.8 Å². The van der Waals surface area contributed by atoms with Crippen LogP contribution < -0.4 is 5.73 Å². The highest BCUT2D eigenvalue weighted by Gasteiger charge is 2.23. The Kier molecular flexibility index (Phi) is 3.03. The first kappa shape index (κ1) is 12.0.